The van der Waals surface area contributed by atoms with Gasteiger partial charge in [-0.3, -0.25) is 24.1 Å². The number of nitrogens with zero attached hydrogens (tertiary/aromatic N) is 1. The average molecular weight is 355 g/mol. The third-order valence-corrected chi connectivity index (χ3v) is 3.93. The molecule has 0 aromatic heterocycles. The molecule has 0 saturated heterocycles. The van der Waals surface area contributed by atoms with Crippen LogP contribution >= 0.6 is 0 Å². The normalized spacial score (nSPS) is 12.9. The molecule has 2 aromatic rings. The maximum atomic E-state index is 13.1. The summed E-state index contributed by atoms with van der Waals surface area (Å²) < 4.78 is 17.9. The van der Waals surface area contributed by atoms with Gasteiger partial charge >= 0.3 is 5.97 Å². The molecule has 0 atom stereocenters. The lowest BCUT2D eigenvalue weighted by Gasteiger charge is -2.13. The number of esters is 1. The van der Waals surface area contributed by atoms with E-state index in [0.717, 1.165) is 11.0 Å². The minimum Gasteiger partial charge on any atom is -0.457 e. The monoisotopic (exact) mass is 355 g/mol. The topological polar surface area (TPSA) is 80.8 Å². The van der Waals surface area contributed by atoms with Gasteiger partial charge in [-0.2, -0.15) is 0 Å². The number of carbonyl (C=O) groups excluding carboxylic acids is 4. The second kappa shape index (κ2) is 7.26. The number of imide groups is 1. The number of Topliss-reactive ketones (excluding diaryl/α,β-unsaturated/α-hetero) is 1. The maximum Gasteiger partial charge on any atom is 0.308 e. The first-order valence-electron chi connectivity index (χ1n) is 7.87. The van der Waals surface area contributed by atoms with Gasteiger partial charge in [-0.05, 0) is 24.3 Å². The second-order valence-corrected chi connectivity index (χ2v) is 5.65. The lowest BCUT2D eigenvalue weighted by molar-refractivity contribution is -0.142. The molecule has 0 N–H and O–H groups in total. The summed E-state index contributed by atoms with van der Waals surface area (Å²) in [5.41, 5.74) is 0.692. The van der Waals surface area contributed by atoms with Gasteiger partial charge in [0.1, 0.15) is 5.82 Å². The molecular weight excluding hydrogens is 341 g/mol. The van der Waals surface area contributed by atoms with E-state index in [1.807, 2.05) is 0 Å². The molecule has 0 bridgehead atoms. The zero-order valence-electron chi connectivity index (χ0n) is 13.6. The van der Waals surface area contributed by atoms with Crippen LogP contribution in [0.3, 0.4) is 0 Å². The largest absolute Gasteiger partial charge is 0.457 e. The Bertz CT molecular complexity index is 873. The quantitative estimate of drug-likeness (QED) is 0.451. The van der Waals surface area contributed by atoms with Crippen molar-refractivity contribution in [1.29, 1.82) is 0 Å². The molecule has 2 aromatic carbocycles. The first-order chi connectivity index (χ1) is 12.5. The zero-order valence-corrected chi connectivity index (χ0v) is 13.6. The van der Waals surface area contributed by atoms with E-state index < -0.39 is 36.0 Å². The molecule has 2 amide bonds. The van der Waals surface area contributed by atoms with E-state index in [4.69, 9.17) is 4.74 Å². The second-order valence-electron chi connectivity index (χ2n) is 5.65. The van der Waals surface area contributed by atoms with Crippen LogP contribution in [0.15, 0.2) is 48.5 Å². The summed E-state index contributed by atoms with van der Waals surface area (Å²) >= 11 is 0. The summed E-state index contributed by atoms with van der Waals surface area (Å²) in [4.78, 5) is 48.9. The Morgan fingerprint density at radius 2 is 1.62 bits per heavy atom. The van der Waals surface area contributed by atoms with Crippen molar-refractivity contribution in [1.82, 2.24) is 4.90 Å². The van der Waals surface area contributed by atoms with E-state index in [9.17, 15) is 23.6 Å². The van der Waals surface area contributed by atoms with E-state index >= 15 is 0 Å². The summed E-state index contributed by atoms with van der Waals surface area (Å²) in [6.07, 6.45) is -0.234. The van der Waals surface area contributed by atoms with Crippen molar-refractivity contribution in [3.05, 3.63) is 71.0 Å². The molecule has 132 valence electrons. The Hall–Kier alpha value is -3.35. The van der Waals surface area contributed by atoms with Gasteiger partial charge in [0.25, 0.3) is 11.8 Å². The molecule has 0 radical (unpaired) electrons. The Morgan fingerprint density at radius 3 is 2.23 bits per heavy atom. The Kier molecular flexibility index (Phi) is 4.88. The molecule has 26 heavy (non-hydrogen) atoms. The van der Waals surface area contributed by atoms with Crippen molar-refractivity contribution in [2.24, 2.45) is 0 Å². The Labute approximate surface area is 148 Å². The third-order valence-electron chi connectivity index (χ3n) is 3.93. The van der Waals surface area contributed by atoms with E-state index in [-0.39, 0.29) is 18.5 Å². The third kappa shape index (κ3) is 3.51. The van der Waals surface area contributed by atoms with Crippen LogP contribution in [0, 0.1) is 5.82 Å². The molecule has 1 aliphatic heterocycles. The number of hydrogen-bond acceptors (Lipinski definition) is 5. The first kappa shape index (κ1) is 17.5. The van der Waals surface area contributed by atoms with Gasteiger partial charge < -0.3 is 4.74 Å². The fourth-order valence-electron chi connectivity index (χ4n) is 2.61. The highest BCUT2D eigenvalue weighted by Crippen LogP contribution is 2.22. The van der Waals surface area contributed by atoms with Gasteiger partial charge in [-0.15, -0.1) is 0 Å². The van der Waals surface area contributed by atoms with Crippen molar-refractivity contribution in [2.75, 3.05) is 13.2 Å². The van der Waals surface area contributed by atoms with E-state index in [1.54, 1.807) is 24.3 Å². The van der Waals surface area contributed by atoms with Crippen LogP contribution in [-0.2, 0) is 9.53 Å². The highest BCUT2D eigenvalue weighted by molar-refractivity contribution is 6.21. The molecule has 0 saturated carbocycles. The fraction of sp³-hybridized carbons (Fsp3) is 0.158. The molecule has 7 heteroatoms. The van der Waals surface area contributed by atoms with Gasteiger partial charge in [0.05, 0.1) is 17.5 Å². The zero-order chi connectivity index (χ0) is 18.7. The van der Waals surface area contributed by atoms with Crippen molar-refractivity contribution < 1.29 is 28.3 Å². The average Bonchev–Trinajstić information content (AvgIpc) is 2.89. The van der Waals surface area contributed by atoms with Crippen LogP contribution in [-0.4, -0.2) is 41.6 Å². The molecule has 1 aliphatic rings. The first-order valence-corrected chi connectivity index (χ1v) is 7.87. The van der Waals surface area contributed by atoms with Gasteiger partial charge in [0, 0.05) is 12.1 Å². The van der Waals surface area contributed by atoms with Gasteiger partial charge in [0.15, 0.2) is 12.4 Å². The smallest absolute Gasteiger partial charge is 0.308 e. The number of benzene rings is 2. The van der Waals surface area contributed by atoms with E-state index in [0.29, 0.717) is 11.1 Å². The molecule has 0 fully saturated rings. The lowest BCUT2D eigenvalue weighted by atomic mass is 10.1. The highest BCUT2D eigenvalue weighted by Gasteiger charge is 2.35. The summed E-state index contributed by atoms with van der Waals surface area (Å²) in [6, 6.07) is 11.4. The number of halogens is 1. The van der Waals surface area contributed by atoms with E-state index in [1.165, 1.54) is 18.2 Å². The van der Waals surface area contributed by atoms with Crippen molar-refractivity contribution >= 4 is 23.6 Å². The molecule has 3 rings (SSSR count). The van der Waals surface area contributed by atoms with Crippen LogP contribution < -0.4 is 0 Å². The molecule has 1 heterocycles. The predicted octanol–water partition coefficient (Wildman–Crippen LogP) is 2.24. The maximum absolute atomic E-state index is 13.1. The number of rotatable bonds is 6. The Balaban J connectivity index is 1.51. The predicted molar refractivity (Wildman–Crippen MR) is 88.1 cm³/mol. The summed E-state index contributed by atoms with van der Waals surface area (Å²) in [5.74, 6) is -2.76. The van der Waals surface area contributed by atoms with Crippen molar-refractivity contribution in [2.45, 2.75) is 6.42 Å². The molecule has 6 nitrogen and oxygen atoms in total. The molecular formula is C19H14FNO5. The molecule has 0 unspecified atom stereocenters. The van der Waals surface area contributed by atoms with E-state index in [2.05, 4.69) is 0 Å². The van der Waals surface area contributed by atoms with Gasteiger partial charge in [0.2, 0.25) is 0 Å². The SMILES string of the molecule is O=C(CCN1C(=O)c2ccccc2C1=O)OCC(=O)c1cccc(F)c1. The van der Waals surface area contributed by atoms with Gasteiger partial charge in [-0.1, -0.05) is 24.3 Å². The van der Waals surface area contributed by atoms with Crippen LogP contribution in [0.2, 0.25) is 0 Å². The number of hydrogen-bond donors (Lipinski definition) is 0. The lowest BCUT2D eigenvalue weighted by Crippen LogP contribution is -2.32. The summed E-state index contributed by atoms with van der Waals surface area (Å²) in [6.45, 7) is -0.677. The fourth-order valence-corrected chi connectivity index (χ4v) is 2.61. The molecule has 0 spiro atoms. The highest BCUT2D eigenvalue weighted by atomic mass is 19.1. The Morgan fingerprint density at radius 1 is 0.962 bits per heavy atom. The minimum atomic E-state index is -0.730. The molecule has 0 aliphatic carbocycles. The summed E-state index contributed by atoms with van der Waals surface area (Å²) in [5, 5.41) is 0. The number of fused-ring (bicyclic) bond motifs is 1. The number of carbonyl (C=O) groups is 4. The number of amides is 2. The van der Waals surface area contributed by atoms with Crippen LogP contribution in [0.5, 0.6) is 0 Å². The van der Waals surface area contributed by atoms with Crippen LogP contribution in [0.25, 0.3) is 0 Å². The standard InChI is InChI=1S/C19H14FNO5/c20-13-5-3-4-12(10-13)16(22)11-26-17(23)8-9-21-18(24)14-6-1-2-7-15(14)19(21)25/h1-7,10H,8-9,11H2. The summed E-state index contributed by atoms with van der Waals surface area (Å²) in [7, 11) is 0. The number of ether oxygens (including phenoxy) is 1. The van der Waals surface area contributed by atoms with Crippen molar-refractivity contribution in [3.8, 4) is 0 Å². The van der Waals surface area contributed by atoms with Crippen LogP contribution in [0.1, 0.15) is 37.5 Å². The van der Waals surface area contributed by atoms with Gasteiger partial charge in [-0.25, -0.2) is 4.39 Å². The minimum absolute atomic E-state index is 0.0955. The number of ketones is 1. The van der Waals surface area contributed by atoms with Crippen LogP contribution in [0.4, 0.5) is 4.39 Å². The van der Waals surface area contributed by atoms with Crippen molar-refractivity contribution in [3.63, 3.8) is 0 Å².